The minimum absolute atomic E-state index is 0.247. The Morgan fingerprint density at radius 3 is 2.42 bits per heavy atom. The zero-order valence-corrected chi connectivity index (χ0v) is 13.2. The molecule has 24 heavy (non-hydrogen) atoms. The van der Waals surface area contributed by atoms with Crippen LogP contribution in [0.15, 0.2) is 41.6 Å². The van der Waals surface area contributed by atoms with Gasteiger partial charge in [0.2, 0.25) is 5.71 Å². The number of hydrogen-bond acceptors (Lipinski definition) is 6. The highest BCUT2D eigenvalue weighted by Gasteiger charge is 2.10. The van der Waals surface area contributed by atoms with Crippen molar-refractivity contribution in [2.24, 2.45) is 5.10 Å². The molecule has 0 spiro atoms. The Labute approximate surface area is 139 Å². The van der Waals surface area contributed by atoms with E-state index >= 15 is 0 Å². The molecular weight excluding hydrogens is 304 g/mol. The summed E-state index contributed by atoms with van der Waals surface area (Å²) in [4.78, 5) is 16.4. The van der Waals surface area contributed by atoms with Crippen molar-refractivity contribution in [2.75, 3.05) is 10.7 Å². The lowest BCUT2D eigenvalue weighted by Gasteiger charge is -2.09. The highest BCUT2D eigenvalue weighted by molar-refractivity contribution is 6.10. The van der Waals surface area contributed by atoms with Crippen LogP contribution >= 0.6 is 0 Å². The lowest BCUT2D eigenvalue weighted by atomic mass is 10.1. The van der Waals surface area contributed by atoms with Gasteiger partial charge in [-0.25, -0.2) is 0 Å². The number of aromatic nitrogens is 1. The molecule has 7 nitrogen and oxygen atoms in total. The van der Waals surface area contributed by atoms with Crippen molar-refractivity contribution in [1.82, 2.24) is 4.98 Å². The third kappa shape index (κ3) is 4.15. The van der Waals surface area contributed by atoms with E-state index in [0.29, 0.717) is 16.9 Å². The second-order valence-electron chi connectivity index (χ2n) is 4.97. The molecule has 0 aliphatic rings. The fourth-order valence-corrected chi connectivity index (χ4v) is 1.92. The van der Waals surface area contributed by atoms with Crippen molar-refractivity contribution in [1.29, 1.82) is 10.5 Å². The molecule has 2 N–H and O–H groups in total. The van der Waals surface area contributed by atoms with E-state index in [-0.39, 0.29) is 11.6 Å². The molecule has 0 bridgehead atoms. The molecule has 118 valence electrons. The number of benzene rings is 1. The average Bonchev–Trinajstić information content (AvgIpc) is 2.58. The van der Waals surface area contributed by atoms with E-state index in [9.17, 15) is 4.79 Å². The standard InChI is InChI=1S/C17H14N6O/c1-11-7-13(22-23-15(8-18)9-19)5-6-16(11)17(24)21-14-4-3-12(2)20-10-14/h3-7,10,22H,1-2H3,(H,21,24). The van der Waals surface area contributed by atoms with Gasteiger partial charge in [0.25, 0.3) is 5.91 Å². The Morgan fingerprint density at radius 2 is 1.83 bits per heavy atom. The van der Waals surface area contributed by atoms with Gasteiger partial charge in [-0.05, 0) is 49.7 Å². The topological polar surface area (TPSA) is 114 Å². The zero-order chi connectivity index (χ0) is 17.5. The fourth-order valence-electron chi connectivity index (χ4n) is 1.92. The molecule has 0 aliphatic heterocycles. The van der Waals surface area contributed by atoms with Gasteiger partial charge >= 0.3 is 0 Å². The number of nitrogens with one attached hydrogen (secondary N) is 2. The smallest absolute Gasteiger partial charge is 0.255 e. The SMILES string of the molecule is Cc1ccc(NC(=O)c2ccc(NN=C(C#N)C#N)cc2C)cn1. The number of amides is 1. The van der Waals surface area contributed by atoms with E-state index in [4.69, 9.17) is 10.5 Å². The first kappa shape index (κ1) is 16.7. The maximum atomic E-state index is 12.3. The van der Waals surface area contributed by atoms with Crippen molar-refractivity contribution in [3.8, 4) is 12.1 Å². The molecule has 1 aromatic heterocycles. The van der Waals surface area contributed by atoms with E-state index < -0.39 is 0 Å². The first-order valence-electron chi connectivity index (χ1n) is 7.02. The van der Waals surface area contributed by atoms with Crippen molar-refractivity contribution >= 4 is 23.0 Å². The van der Waals surface area contributed by atoms with Crippen LogP contribution < -0.4 is 10.7 Å². The van der Waals surface area contributed by atoms with Crippen LogP contribution in [0.4, 0.5) is 11.4 Å². The summed E-state index contributed by atoms with van der Waals surface area (Å²) in [5.74, 6) is -0.247. The Kier molecular flexibility index (Phi) is 5.22. The molecule has 1 heterocycles. The Balaban J connectivity index is 2.13. The molecule has 1 amide bonds. The summed E-state index contributed by atoms with van der Waals surface area (Å²) >= 11 is 0. The summed E-state index contributed by atoms with van der Waals surface area (Å²) in [5.41, 5.74) is 5.62. The molecule has 0 aliphatic carbocycles. The first-order chi connectivity index (χ1) is 11.5. The van der Waals surface area contributed by atoms with Crippen molar-refractivity contribution < 1.29 is 4.79 Å². The van der Waals surface area contributed by atoms with Gasteiger partial charge in [0.05, 0.1) is 17.6 Å². The molecular formula is C17H14N6O. The van der Waals surface area contributed by atoms with Crippen molar-refractivity contribution in [3.63, 3.8) is 0 Å². The zero-order valence-electron chi connectivity index (χ0n) is 13.2. The van der Waals surface area contributed by atoms with Gasteiger partial charge in [0.15, 0.2) is 0 Å². The second kappa shape index (κ2) is 7.52. The monoisotopic (exact) mass is 318 g/mol. The van der Waals surface area contributed by atoms with E-state index in [2.05, 4.69) is 20.8 Å². The van der Waals surface area contributed by atoms with Crippen LogP contribution in [0, 0.1) is 36.5 Å². The Bertz CT molecular complexity index is 855. The number of nitriles is 2. The second-order valence-corrected chi connectivity index (χ2v) is 4.97. The molecule has 0 atom stereocenters. The summed E-state index contributed by atoms with van der Waals surface area (Å²) in [6.07, 6.45) is 1.60. The van der Waals surface area contributed by atoms with Gasteiger partial charge in [-0.1, -0.05) is 0 Å². The molecule has 0 unspecified atom stereocenters. The molecule has 0 fully saturated rings. The van der Waals surface area contributed by atoms with Crippen molar-refractivity contribution in [2.45, 2.75) is 13.8 Å². The minimum Gasteiger partial charge on any atom is -0.321 e. The van der Waals surface area contributed by atoms with E-state index in [1.165, 1.54) is 0 Å². The summed E-state index contributed by atoms with van der Waals surface area (Å²) in [7, 11) is 0. The molecule has 1 aromatic carbocycles. The maximum Gasteiger partial charge on any atom is 0.255 e. The molecule has 7 heteroatoms. The highest BCUT2D eigenvalue weighted by atomic mass is 16.1. The molecule has 0 saturated heterocycles. The summed E-state index contributed by atoms with van der Waals surface area (Å²) in [6.45, 7) is 3.65. The van der Waals surface area contributed by atoms with Gasteiger partial charge in [-0.15, -0.1) is 0 Å². The quantitative estimate of drug-likeness (QED) is 0.664. The van der Waals surface area contributed by atoms with Crippen LogP contribution in [0.25, 0.3) is 0 Å². The molecule has 2 aromatic rings. The lowest BCUT2D eigenvalue weighted by molar-refractivity contribution is 0.102. The predicted molar refractivity (Wildman–Crippen MR) is 90.4 cm³/mol. The third-order valence-corrected chi connectivity index (χ3v) is 3.15. The largest absolute Gasteiger partial charge is 0.321 e. The third-order valence-electron chi connectivity index (χ3n) is 3.15. The molecule has 0 radical (unpaired) electrons. The average molecular weight is 318 g/mol. The number of carbonyl (C=O) groups excluding carboxylic acids is 1. The van der Waals surface area contributed by atoms with E-state index in [0.717, 1.165) is 11.3 Å². The van der Waals surface area contributed by atoms with E-state index in [1.807, 2.05) is 13.0 Å². The number of nitrogens with zero attached hydrogens (tertiary/aromatic N) is 4. The van der Waals surface area contributed by atoms with Crippen LogP contribution in [-0.4, -0.2) is 16.6 Å². The van der Waals surface area contributed by atoms with E-state index in [1.54, 1.807) is 49.5 Å². The highest BCUT2D eigenvalue weighted by Crippen LogP contribution is 2.17. The summed E-state index contributed by atoms with van der Waals surface area (Å²) in [5, 5.41) is 23.7. The van der Waals surface area contributed by atoms with Crippen LogP contribution in [-0.2, 0) is 0 Å². The Hall–Kier alpha value is -3.71. The number of hydrogen-bond donors (Lipinski definition) is 2. The van der Waals surface area contributed by atoms with Crippen LogP contribution in [0.1, 0.15) is 21.6 Å². The number of hydrazone groups is 1. The first-order valence-corrected chi connectivity index (χ1v) is 7.02. The fraction of sp³-hybridized carbons (Fsp3) is 0.118. The molecule has 0 saturated carbocycles. The number of carbonyl (C=O) groups is 1. The number of pyridine rings is 1. The molecule has 2 rings (SSSR count). The van der Waals surface area contributed by atoms with Crippen LogP contribution in [0.2, 0.25) is 0 Å². The number of aryl methyl sites for hydroxylation is 2. The van der Waals surface area contributed by atoms with Crippen molar-refractivity contribution in [3.05, 3.63) is 53.3 Å². The van der Waals surface area contributed by atoms with Crippen LogP contribution in [0.5, 0.6) is 0 Å². The van der Waals surface area contributed by atoms with Gasteiger partial charge in [0, 0.05) is 11.3 Å². The normalized spacial score (nSPS) is 9.33. The summed E-state index contributed by atoms with van der Waals surface area (Å²) < 4.78 is 0. The minimum atomic E-state index is -0.277. The van der Waals surface area contributed by atoms with Crippen LogP contribution in [0.3, 0.4) is 0 Å². The number of anilines is 2. The van der Waals surface area contributed by atoms with Gasteiger partial charge in [-0.3, -0.25) is 15.2 Å². The van der Waals surface area contributed by atoms with Gasteiger partial charge in [0.1, 0.15) is 12.1 Å². The summed E-state index contributed by atoms with van der Waals surface area (Å²) in [6, 6.07) is 11.9. The maximum absolute atomic E-state index is 12.3. The predicted octanol–water partition coefficient (Wildman–Crippen LogP) is 2.77. The Morgan fingerprint density at radius 1 is 1.12 bits per heavy atom. The number of rotatable bonds is 4. The lowest BCUT2D eigenvalue weighted by Crippen LogP contribution is -2.13. The van der Waals surface area contributed by atoms with Gasteiger partial charge in [-0.2, -0.15) is 15.6 Å². The van der Waals surface area contributed by atoms with Gasteiger partial charge < -0.3 is 5.32 Å².